The van der Waals surface area contributed by atoms with Crippen LogP contribution in [0.4, 0.5) is 0 Å². The van der Waals surface area contributed by atoms with Crippen molar-refractivity contribution in [2.75, 3.05) is 6.54 Å². The number of pyridine rings is 1. The van der Waals surface area contributed by atoms with Crippen molar-refractivity contribution in [2.45, 2.75) is 32.6 Å². The fraction of sp³-hybridized carbons (Fsp3) is 0.333. The Kier molecular flexibility index (Phi) is 6.45. The molecule has 4 rings (SSSR count). The maximum atomic E-state index is 12.3. The lowest BCUT2D eigenvalue weighted by molar-refractivity contribution is -0.128. The summed E-state index contributed by atoms with van der Waals surface area (Å²) in [6.07, 6.45) is 4.66. The molecule has 0 bridgehead atoms. The number of rotatable bonds is 7. The molecule has 1 aromatic carbocycles. The van der Waals surface area contributed by atoms with Gasteiger partial charge < -0.3 is 11.1 Å². The zero-order valence-corrected chi connectivity index (χ0v) is 19.9. The fourth-order valence-corrected chi connectivity index (χ4v) is 4.76. The zero-order valence-electron chi connectivity index (χ0n) is 18.4. The average molecular weight is 486 g/mol. The van der Waals surface area contributed by atoms with Crippen molar-refractivity contribution in [1.82, 2.24) is 20.1 Å². The molecule has 0 saturated heterocycles. The molecule has 2 aromatic heterocycles. The Balaban J connectivity index is 1.65. The van der Waals surface area contributed by atoms with Gasteiger partial charge >= 0.3 is 0 Å². The van der Waals surface area contributed by atoms with Crippen LogP contribution in [-0.2, 0) is 9.59 Å². The van der Waals surface area contributed by atoms with Gasteiger partial charge in [0.15, 0.2) is 0 Å². The molecule has 172 valence electrons. The molecule has 9 heteroatoms. The number of hydrogen-bond acceptors (Lipinski definition) is 4. The Morgan fingerprint density at radius 1 is 1.21 bits per heavy atom. The standard InChI is InChI=1S/C24H25Cl2N5O2/c1-24(2)15(9-23(33)29-13-22(27)32)8-17(24)21-11-20(14-4-3-7-28-12-14)30-31(21)16-5-6-18(25)19(26)10-16/h3-7,10-12,15,17H,8-9,13H2,1-2H3,(H2,27,32)(H,29,33)/t15-,17-/m1/s1. The number of amides is 2. The lowest BCUT2D eigenvalue weighted by atomic mass is 9.52. The maximum Gasteiger partial charge on any atom is 0.236 e. The minimum atomic E-state index is -0.553. The van der Waals surface area contributed by atoms with Gasteiger partial charge in [0.05, 0.1) is 28.0 Å². The Morgan fingerprint density at radius 3 is 2.64 bits per heavy atom. The van der Waals surface area contributed by atoms with E-state index >= 15 is 0 Å². The topological polar surface area (TPSA) is 103 Å². The highest BCUT2D eigenvalue weighted by molar-refractivity contribution is 6.42. The number of nitrogens with one attached hydrogen (secondary N) is 1. The molecule has 3 aromatic rings. The smallest absolute Gasteiger partial charge is 0.236 e. The van der Waals surface area contributed by atoms with Crippen molar-refractivity contribution in [2.24, 2.45) is 17.1 Å². The summed E-state index contributed by atoms with van der Waals surface area (Å²) in [6, 6.07) is 11.4. The molecule has 33 heavy (non-hydrogen) atoms. The first-order valence-electron chi connectivity index (χ1n) is 10.7. The second kappa shape index (κ2) is 9.15. The first-order valence-corrected chi connectivity index (χ1v) is 11.4. The van der Waals surface area contributed by atoms with Crippen LogP contribution in [0.3, 0.4) is 0 Å². The van der Waals surface area contributed by atoms with Crippen molar-refractivity contribution < 1.29 is 9.59 Å². The third kappa shape index (κ3) is 4.75. The second-order valence-electron chi connectivity index (χ2n) is 8.96. The van der Waals surface area contributed by atoms with Crippen LogP contribution < -0.4 is 11.1 Å². The number of primary amides is 1. The molecule has 1 aliphatic rings. The van der Waals surface area contributed by atoms with Crippen LogP contribution in [0.25, 0.3) is 16.9 Å². The number of carbonyl (C=O) groups is 2. The van der Waals surface area contributed by atoms with Gasteiger partial charge in [-0.3, -0.25) is 14.6 Å². The van der Waals surface area contributed by atoms with Gasteiger partial charge in [0.1, 0.15) is 0 Å². The highest BCUT2D eigenvalue weighted by atomic mass is 35.5. The van der Waals surface area contributed by atoms with Crippen LogP contribution in [0, 0.1) is 11.3 Å². The predicted octanol–water partition coefficient (Wildman–Crippen LogP) is 4.36. The highest BCUT2D eigenvalue weighted by Gasteiger charge is 2.50. The van der Waals surface area contributed by atoms with Gasteiger partial charge in [0, 0.05) is 36.0 Å². The summed E-state index contributed by atoms with van der Waals surface area (Å²) in [6.45, 7) is 4.17. The Bertz CT molecular complexity index is 1190. The molecular formula is C24H25Cl2N5O2. The molecule has 0 spiro atoms. The van der Waals surface area contributed by atoms with Gasteiger partial charge in [0.2, 0.25) is 11.8 Å². The van der Waals surface area contributed by atoms with E-state index in [0.717, 1.165) is 29.1 Å². The summed E-state index contributed by atoms with van der Waals surface area (Å²) in [5, 5.41) is 8.39. The maximum absolute atomic E-state index is 12.3. The van der Waals surface area contributed by atoms with Crippen LogP contribution >= 0.6 is 23.2 Å². The lowest BCUT2D eigenvalue weighted by Gasteiger charge is -2.52. The molecule has 2 amide bonds. The van der Waals surface area contributed by atoms with Crippen molar-refractivity contribution in [3.05, 3.63) is 64.5 Å². The van der Waals surface area contributed by atoms with Gasteiger partial charge in [-0.2, -0.15) is 5.10 Å². The molecule has 0 aliphatic heterocycles. The third-order valence-electron chi connectivity index (χ3n) is 6.56. The number of hydrogen-bond donors (Lipinski definition) is 2. The van der Waals surface area contributed by atoms with Gasteiger partial charge in [-0.05, 0) is 54.2 Å². The average Bonchev–Trinajstić information content (AvgIpc) is 3.22. The highest BCUT2D eigenvalue weighted by Crippen LogP contribution is 2.58. The zero-order chi connectivity index (χ0) is 23.8. The van der Waals surface area contributed by atoms with E-state index in [1.165, 1.54) is 0 Å². The normalized spacial score (nSPS) is 19.0. The molecule has 2 heterocycles. The van der Waals surface area contributed by atoms with E-state index in [4.69, 9.17) is 34.0 Å². The number of aromatic nitrogens is 3. The van der Waals surface area contributed by atoms with Crippen LogP contribution in [0.5, 0.6) is 0 Å². The molecule has 1 saturated carbocycles. The summed E-state index contributed by atoms with van der Waals surface area (Å²) in [4.78, 5) is 27.4. The third-order valence-corrected chi connectivity index (χ3v) is 7.30. The molecule has 3 N–H and O–H groups in total. The van der Waals surface area contributed by atoms with Gasteiger partial charge in [0.25, 0.3) is 0 Å². The van der Waals surface area contributed by atoms with Crippen molar-refractivity contribution >= 4 is 35.0 Å². The largest absolute Gasteiger partial charge is 0.368 e. The number of carbonyl (C=O) groups excluding carboxylic acids is 2. The Hall–Kier alpha value is -2.90. The Labute approximate surface area is 202 Å². The number of nitrogens with zero attached hydrogens (tertiary/aromatic N) is 3. The lowest BCUT2D eigenvalue weighted by Crippen LogP contribution is -2.46. The fourth-order valence-electron chi connectivity index (χ4n) is 4.47. The summed E-state index contributed by atoms with van der Waals surface area (Å²) in [5.41, 5.74) is 8.53. The Morgan fingerprint density at radius 2 is 2.00 bits per heavy atom. The number of nitrogens with two attached hydrogens (primary N) is 1. The quantitative estimate of drug-likeness (QED) is 0.518. The monoisotopic (exact) mass is 485 g/mol. The van der Waals surface area contributed by atoms with Gasteiger partial charge in [-0.25, -0.2) is 4.68 Å². The van der Waals surface area contributed by atoms with Gasteiger partial charge in [-0.1, -0.05) is 37.0 Å². The number of halogens is 2. The first kappa shape index (κ1) is 23.3. The van der Waals surface area contributed by atoms with E-state index in [0.29, 0.717) is 16.5 Å². The number of benzene rings is 1. The minimum Gasteiger partial charge on any atom is -0.368 e. The minimum absolute atomic E-state index is 0.145. The van der Waals surface area contributed by atoms with Crippen molar-refractivity contribution in [3.63, 3.8) is 0 Å². The molecule has 1 aliphatic carbocycles. The molecular weight excluding hydrogens is 461 g/mol. The van der Waals surface area contributed by atoms with Crippen molar-refractivity contribution in [3.8, 4) is 16.9 Å². The van der Waals surface area contributed by atoms with Gasteiger partial charge in [-0.15, -0.1) is 0 Å². The van der Waals surface area contributed by atoms with E-state index in [9.17, 15) is 9.59 Å². The summed E-state index contributed by atoms with van der Waals surface area (Å²) < 4.78 is 1.90. The van der Waals surface area contributed by atoms with E-state index in [-0.39, 0.29) is 29.7 Å². The van der Waals surface area contributed by atoms with E-state index in [1.807, 2.05) is 22.9 Å². The first-order chi connectivity index (χ1) is 15.7. The van der Waals surface area contributed by atoms with Crippen LogP contribution in [0.1, 0.15) is 38.3 Å². The SMILES string of the molecule is CC1(C)[C@@H](CC(=O)NCC(N)=O)C[C@@H]1c1cc(-c2cccnc2)nn1-c1ccc(Cl)c(Cl)c1. The molecule has 1 fully saturated rings. The van der Waals surface area contributed by atoms with E-state index < -0.39 is 5.91 Å². The molecule has 0 radical (unpaired) electrons. The predicted molar refractivity (Wildman–Crippen MR) is 128 cm³/mol. The second-order valence-corrected chi connectivity index (χ2v) is 9.77. The molecule has 2 atom stereocenters. The van der Waals surface area contributed by atoms with Crippen LogP contribution in [0.15, 0.2) is 48.8 Å². The van der Waals surface area contributed by atoms with E-state index in [2.05, 4.69) is 30.2 Å². The molecule has 7 nitrogen and oxygen atoms in total. The summed E-state index contributed by atoms with van der Waals surface area (Å²) >= 11 is 12.4. The van der Waals surface area contributed by atoms with Crippen LogP contribution in [-0.4, -0.2) is 33.1 Å². The molecule has 0 unspecified atom stereocenters. The van der Waals surface area contributed by atoms with E-state index in [1.54, 1.807) is 24.5 Å². The summed E-state index contributed by atoms with van der Waals surface area (Å²) in [7, 11) is 0. The summed E-state index contributed by atoms with van der Waals surface area (Å²) in [5.74, 6) is -0.393. The van der Waals surface area contributed by atoms with Crippen molar-refractivity contribution in [1.29, 1.82) is 0 Å². The van der Waals surface area contributed by atoms with Crippen LogP contribution in [0.2, 0.25) is 10.0 Å².